The number of sulfone groups is 1. The minimum atomic E-state index is -3.95. The normalized spacial score (nSPS) is 12.0. The van der Waals surface area contributed by atoms with Gasteiger partial charge in [0.15, 0.2) is 5.03 Å². The first-order valence-corrected chi connectivity index (χ1v) is 14.0. The van der Waals surface area contributed by atoms with E-state index in [1.165, 1.54) is 0 Å². The molecule has 37 heavy (non-hydrogen) atoms. The van der Waals surface area contributed by atoms with Gasteiger partial charge in [0.25, 0.3) is 0 Å². The summed E-state index contributed by atoms with van der Waals surface area (Å²) in [4.78, 5) is 0.229. The number of benzene rings is 4. The number of hydrogen-bond donors (Lipinski definition) is 1. The third-order valence-electron chi connectivity index (χ3n) is 6.13. The molecular formula is C29H28ClN3O3S. The summed E-state index contributed by atoms with van der Waals surface area (Å²) in [6.45, 7) is 5.67. The Morgan fingerprint density at radius 2 is 1.73 bits per heavy atom. The summed E-state index contributed by atoms with van der Waals surface area (Å²) in [5.74, 6) is 0.592. The monoisotopic (exact) mass is 533 g/mol. The number of halogens is 1. The lowest BCUT2D eigenvalue weighted by molar-refractivity contribution is 0.309. The molecule has 0 aliphatic heterocycles. The zero-order valence-corrected chi connectivity index (χ0v) is 22.3. The van der Waals surface area contributed by atoms with Gasteiger partial charge in [0.2, 0.25) is 9.84 Å². The van der Waals surface area contributed by atoms with Crippen LogP contribution in [0.2, 0.25) is 5.02 Å². The van der Waals surface area contributed by atoms with Crippen molar-refractivity contribution in [3.63, 3.8) is 0 Å². The van der Waals surface area contributed by atoms with Crippen molar-refractivity contribution >= 4 is 43.1 Å². The molecule has 0 radical (unpaired) electrons. The first kappa shape index (κ1) is 25.3. The van der Waals surface area contributed by atoms with Crippen molar-refractivity contribution in [3.8, 4) is 5.75 Å². The van der Waals surface area contributed by atoms with Crippen LogP contribution in [0.3, 0.4) is 0 Å². The molecular weight excluding hydrogens is 506 g/mol. The molecule has 0 atom stereocenters. The van der Waals surface area contributed by atoms with Crippen LogP contribution in [0.4, 0.5) is 0 Å². The third-order valence-corrected chi connectivity index (χ3v) is 8.11. The van der Waals surface area contributed by atoms with Crippen LogP contribution in [0.5, 0.6) is 5.75 Å². The molecule has 190 valence electrons. The maximum atomic E-state index is 14.1. The van der Waals surface area contributed by atoms with E-state index in [1.807, 2.05) is 60.7 Å². The number of aromatic nitrogens is 2. The Morgan fingerprint density at radius 1 is 0.946 bits per heavy atom. The zero-order chi connectivity index (χ0) is 26.0. The highest BCUT2D eigenvalue weighted by atomic mass is 35.5. The molecule has 0 fully saturated rings. The quantitative estimate of drug-likeness (QED) is 0.232. The summed E-state index contributed by atoms with van der Waals surface area (Å²) in [7, 11) is -3.95. The fourth-order valence-electron chi connectivity index (χ4n) is 4.40. The van der Waals surface area contributed by atoms with E-state index in [2.05, 4.69) is 24.3 Å². The molecule has 0 aliphatic rings. The lowest BCUT2D eigenvalue weighted by Gasteiger charge is -2.10. The largest absolute Gasteiger partial charge is 0.492 e. The van der Waals surface area contributed by atoms with Gasteiger partial charge in [-0.25, -0.2) is 8.42 Å². The summed E-state index contributed by atoms with van der Waals surface area (Å²) < 4.78 is 35.8. The fraction of sp³-hybridized carbons (Fsp3) is 0.207. The average Bonchev–Trinajstić information content (AvgIpc) is 3.24. The third kappa shape index (κ3) is 5.34. The number of fused-ring (bicyclic) bond motifs is 2. The van der Waals surface area contributed by atoms with Gasteiger partial charge >= 0.3 is 0 Å². The summed E-state index contributed by atoms with van der Waals surface area (Å²) in [6, 6.07) is 26.1. The van der Waals surface area contributed by atoms with Gasteiger partial charge in [-0.1, -0.05) is 74.0 Å². The van der Waals surface area contributed by atoms with Crippen molar-refractivity contribution in [1.29, 1.82) is 0 Å². The van der Waals surface area contributed by atoms with E-state index in [9.17, 15) is 8.42 Å². The van der Waals surface area contributed by atoms with Crippen molar-refractivity contribution in [1.82, 2.24) is 15.1 Å². The number of nitrogens with one attached hydrogen (secondary N) is 1. The van der Waals surface area contributed by atoms with Gasteiger partial charge in [0.05, 0.1) is 17.0 Å². The molecule has 8 heteroatoms. The van der Waals surface area contributed by atoms with Crippen molar-refractivity contribution in [2.75, 3.05) is 13.2 Å². The average molecular weight is 534 g/mol. The van der Waals surface area contributed by atoms with Gasteiger partial charge in [-0.05, 0) is 47.3 Å². The molecule has 1 aromatic heterocycles. The van der Waals surface area contributed by atoms with Gasteiger partial charge in [0.1, 0.15) is 12.4 Å². The van der Waals surface area contributed by atoms with Crippen molar-refractivity contribution in [3.05, 3.63) is 95.5 Å². The van der Waals surface area contributed by atoms with Gasteiger partial charge in [-0.2, -0.15) is 5.10 Å². The Balaban J connectivity index is 1.62. The van der Waals surface area contributed by atoms with Crippen LogP contribution in [-0.4, -0.2) is 37.4 Å². The second-order valence-corrected chi connectivity index (χ2v) is 11.5. The Morgan fingerprint density at radius 3 is 2.54 bits per heavy atom. The highest BCUT2D eigenvalue weighted by Crippen LogP contribution is 2.34. The van der Waals surface area contributed by atoms with Crippen LogP contribution in [0, 0.1) is 0 Å². The van der Waals surface area contributed by atoms with E-state index in [1.54, 1.807) is 28.9 Å². The molecule has 1 N–H and O–H groups in total. The molecule has 0 saturated carbocycles. The van der Waals surface area contributed by atoms with Crippen molar-refractivity contribution in [2.45, 2.75) is 36.4 Å². The highest BCUT2D eigenvalue weighted by Gasteiger charge is 2.27. The lowest BCUT2D eigenvalue weighted by atomic mass is 10.1. The fourth-order valence-corrected chi connectivity index (χ4v) is 6.21. The summed E-state index contributed by atoms with van der Waals surface area (Å²) in [5.41, 5.74) is 1.62. The molecule has 0 bridgehead atoms. The minimum absolute atomic E-state index is 0.00614. The molecule has 0 saturated heterocycles. The zero-order valence-electron chi connectivity index (χ0n) is 20.7. The van der Waals surface area contributed by atoms with Gasteiger partial charge in [0, 0.05) is 28.4 Å². The van der Waals surface area contributed by atoms with Crippen LogP contribution < -0.4 is 10.1 Å². The molecule has 0 aliphatic carbocycles. The second-order valence-electron chi connectivity index (χ2n) is 9.21. The summed E-state index contributed by atoms with van der Waals surface area (Å²) >= 11 is 6.20. The van der Waals surface area contributed by atoms with E-state index in [0.29, 0.717) is 52.8 Å². The molecule has 0 spiro atoms. The maximum absolute atomic E-state index is 14.1. The van der Waals surface area contributed by atoms with Crippen LogP contribution in [0.15, 0.2) is 94.9 Å². The number of rotatable bonds is 9. The Labute approximate surface area is 221 Å². The molecule has 1 heterocycles. The Hall–Kier alpha value is -3.39. The molecule has 5 rings (SSSR count). The predicted octanol–water partition coefficient (Wildman–Crippen LogP) is 6.10. The van der Waals surface area contributed by atoms with E-state index in [0.717, 1.165) is 10.9 Å². The standard InChI is InChI=1S/C29H28ClN3O3S/c1-20(2)31-15-16-36-24-13-14-27-26(18-24)29(32-33(27)19-21-7-5-10-23(30)17-21)37(34,35)28-12-6-9-22-8-3-4-11-25(22)28/h3-14,17-18,20,31H,15-16,19H2,1-2H3. The number of ether oxygens (including phenoxy) is 1. The van der Waals surface area contributed by atoms with E-state index in [4.69, 9.17) is 16.3 Å². The van der Waals surface area contributed by atoms with Crippen molar-refractivity contribution < 1.29 is 13.2 Å². The highest BCUT2D eigenvalue weighted by molar-refractivity contribution is 7.91. The first-order valence-electron chi connectivity index (χ1n) is 12.2. The SMILES string of the molecule is CC(C)NCCOc1ccc2c(c1)c(S(=O)(=O)c1cccc3ccccc13)nn2Cc1cccc(Cl)c1. The van der Waals surface area contributed by atoms with E-state index < -0.39 is 9.84 Å². The molecule has 0 unspecified atom stereocenters. The minimum Gasteiger partial charge on any atom is -0.492 e. The van der Waals surface area contributed by atoms with Crippen molar-refractivity contribution in [2.24, 2.45) is 0 Å². The van der Waals surface area contributed by atoms with Crippen LogP contribution in [0.1, 0.15) is 19.4 Å². The topological polar surface area (TPSA) is 73.2 Å². The second kappa shape index (κ2) is 10.5. The Bertz CT molecular complexity index is 1670. The predicted molar refractivity (Wildman–Crippen MR) is 148 cm³/mol. The van der Waals surface area contributed by atoms with Crippen LogP contribution in [-0.2, 0) is 16.4 Å². The lowest BCUT2D eigenvalue weighted by Crippen LogP contribution is -2.27. The molecule has 6 nitrogen and oxygen atoms in total. The van der Waals surface area contributed by atoms with Gasteiger partial charge in [-0.3, -0.25) is 4.68 Å². The molecule has 4 aromatic carbocycles. The summed E-state index contributed by atoms with van der Waals surface area (Å²) in [6.07, 6.45) is 0. The number of nitrogens with zero attached hydrogens (tertiary/aromatic N) is 2. The van der Waals surface area contributed by atoms with E-state index in [-0.39, 0.29) is 9.92 Å². The summed E-state index contributed by atoms with van der Waals surface area (Å²) in [5, 5.41) is 10.6. The van der Waals surface area contributed by atoms with Crippen LogP contribution >= 0.6 is 11.6 Å². The van der Waals surface area contributed by atoms with Crippen LogP contribution in [0.25, 0.3) is 21.7 Å². The maximum Gasteiger partial charge on any atom is 0.226 e. The smallest absolute Gasteiger partial charge is 0.226 e. The molecule has 0 amide bonds. The Kier molecular flexibility index (Phi) is 7.20. The number of hydrogen-bond acceptors (Lipinski definition) is 5. The van der Waals surface area contributed by atoms with Gasteiger partial charge in [-0.15, -0.1) is 0 Å². The van der Waals surface area contributed by atoms with E-state index >= 15 is 0 Å². The first-order chi connectivity index (χ1) is 17.8. The molecule has 5 aromatic rings. The van der Waals surface area contributed by atoms with Gasteiger partial charge < -0.3 is 10.1 Å².